The van der Waals surface area contributed by atoms with E-state index in [2.05, 4.69) is 41.9 Å². The van der Waals surface area contributed by atoms with Gasteiger partial charge in [-0.1, -0.05) is 13.3 Å². The molecule has 0 saturated heterocycles. The van der Waals surface area contributed by atoms with Crippen molar-refractivity contribution in [1.82, 2.24) is 9.55 Å². The first-order valence-corrected chi connectivity index (χ1v) is 7.11. The Kier molecular flexibility index (Phi) is 5.19. The van der Waals surface area contributed by atoms with E-state index >= 15 is 0 Å². The molecular formula is C12H23N3S. The molecule has 0 radical (unpaired) electrons. The van der Waals surface area contributed by atoms with Gasteiger partial charge < -0.3 is 9.88 Å². The summed E-state index contributed by atoms with van der Waals surface area (Å²) in [5, 5.41) is 3.42. The summed E-state index contributed by atoms with van der Waals surface area (Å²) in [4.78, 5) is 4.35. The molecule has 4 heteroatoms. The van der Waals surface area contributed by atoms with Crippen LogP contribution in [0.2, 0.25) is 0 Å². The third kappa shape index (κ3) is 4.08. The summed E-state index contributed by atoms with van der Waals surface area (Å²) in [6.07, 6.45) is 8.48. The van der Waals surface area contributed by atoms with Gasteiger partial charge in [-0.15, -0.1) is 0 Å². The monoisotopic (exact) mass is 241 g/mol. The Morgan fingerprint density at radius 2 is 2.25 bits per heavy atom. The fourth-order valence-corrected chi connectivity index (χ4v) is 1.57. The highest BCUT2D eigenvalue weighted by molar-refractivity contribution is 7.99. The number of anilines is 1. The first-order valence-electron chi connectivity index (χ1n) is 5.89. The van der Waals surface area contributed by atoms with Gasteiger partial charge in [0.1, 0.15) is 0 Å². The van der Waals surface area contributed by atoms with Crippen LogP contribution in [0.3, 0.4) is 0 Å². The zero-order valence-electron chi connectivity index (χ0n) is 10.8. The third-order valence-electron chi connectivity index (χ3n) is 2.69. The van der Waals surface area contributed by atoms with Crippen LogP contribution >= 0.6 is 11.8 Å². The van der Waals surface area contributed by atoms with E-state index in [0.717, 1.165) is 19.0 Å². The first kappa shape index (κ1) is 13.4. The Morgan fingerprint density at radius 3 is 2.88 bits per heavy atom. The lowest BCUT2D eigenvalue weighted by Gasteiger charge is -2.22. The summed E-state index contributed by atoms with van der Waals surface area (Å²) in [6.45, 7) is 8.69. The van der Waals surface area contributed by atoms with Gasteiger partial charge in [-0.3, -0.25) is 0 Å². The Hall–Kier alpha value is -0.640. The molecule has 0 spiro atoms. The summed E-state index contributed by atoms with van der Waals surface area (Å²) in [5.74, 6) is 0.996. The van der Waals surface area contributed by atoms with Gasteiger partial charge in [-0.2, -0.15) is 11.8 Å². The number of hydrogen-bond donors (Lipinski definition) is 1. The average Bonchev–Trinajstić information content (AvgIpc) is 2.71. The van der Waals surface area contributed by atoms with E-state index in [1.807, 2.05) is 24.2 Å². The number of nitrogens with one attached hydrogen (secondary N) is 1. The number of hydrogen-bond acceptors (Lipinski definition) is 3. The number of aryl methyl sites for hydroxylation is 1. The van der Waals surface area contributed by atoms with Crippen LogP contribution in [-0.2, 0) is 6.54 Å². The lowest BCUT2D eigenvalue weighted by Crippen LogP contribution is -2.27. The molecule has 1 aromatic rings. The second-order valence-corrected chi connectivity index (χ2v) is 6.13. The molecule has 0 unspecified atom stereocenters. The molecule has 0 aliphatic carbocycles. The van der Waals surface area contributed by atoms with Gasteiger partial charge >= 0.3 is 0 Å². The quantitative estimate of drug-likeness (QED) is 0.795. The average molecular weight is 241 g/mol. The van der Waals surface area contributed by atoms with Gasteiger partial charge in [0.25, 0.3) is 0 Å². The highest BCUT2D eigenvalue weighted by Crippen LogP contribution is 2.21. The van der Waals surface area contributed by atoms with Crippen molar-refractivity contribution in [3.63, 3.8) is 0 Å². The molecule has 0 aliphatic rings. The van der Waals surface area contributed by atoms with Gasteiger partial charge in [0.15, 0.2) is 0 Å². The molecule has 0 aliphatic heterocycles. The van der Waals surface area contributed by atoms with Crippen LogP contribution in [0.25, 0.3) is 0 Å². The molecule has 92 valence electrons. The lowest BCUT2D eigenvalue weighted by atomic mass is 10.2. The van der Waals surface area contributed by atoms with Crippen LogP contribution in [0.1, 0.15) is 33.6 Å². The fraction of sp³-hybridized carbons (Fsp3) is 0.750. The largest absolute Gasteiger partial charge is 0.354 e. The number of imidazole rings is 1. The van der Waals surface area contributed by atoms with E-state index in [0.29, 0.717) is 0 Å². The standard InChI is InChI=1S/C12H23N3S/c1-5-6-8-15-9-7-13-11(15)14-10-12(2,3)16-4/h7,9H,5-6,8,10H2,1-4H3,(H,13,14). The van der Waals surface area contributed by atoms with E-state index in [1.54, 1.807) is 0 Å². The Bertz CT molecular complexity index is 307. The zero-order valence-corrected chi connectivity index (χ0v) is 11.6. The van der Waals surface area contributed by atoms with E-state index in [4.69, 9.17) is 0 Å². The molecule has 0 amide bonds. The minimum absolute atomic E-state index is 0.252. The smallest absolute Gasteiger partial charge is 0.202 e. The highest BCUT2D eigenvalue weighted by atomic mass is 32.2. The molecule has 1 rings (SSSR count). The number of unbranched alkanes of at least 4 members (excludes halogenated alkanes) is 1. The van der Waals surface area contributed by atoms with E-state index < -0.39 is 0 Å². The second kappa shape index (κ2) is 6.18. The summed E-state index contributed by atoms with van der Waals surface area (Å²) >= 11 is 1.87. The molecule has 0 atom stereocenters. The molecule has 0 fully saturated rings. The Labute approximate surface area is 103 Å². The topological polar surface area (TPSA) is 29.9 Å². The molecule has 1 N–H and O–H groups in total. The van der Waals surface area contributed by atoms with Crippen LogP contribution in [0.4, 0.5) is 5.95 Å². The number of rotatable bonds is 7. The molecule has 1 heterocycles. The molecule has 0 saturated carbocycles. The maximum Gasteiger partial charge on any atom is 0.202 e. The van der Waals surface area contributed by atoms with Crippen molar-refractivity contribution in [3.8, 4) is 0 Å². The molecule has 16 heavy (non-hydrogen) atoms. The van der Waals surface area contributed by atoms with Crippen molar-refractivity contribution < 1.29 is 0 Å². The highest BCUT2D eigenvalue weighted by Gasteiger charge is 2.16. The molecule has 1 aromatic heterocycles. The third-order valence-corrected chi connectivity index (χ3v) is 3.94. The van der Waals surface area contributed by atoms with E-state index in [1.165, 1.54) is 12.8 Å². The van der Waals surface area contributed by atoms with Crippen LogP contribution in [0.5, 0.6) is 0 Å². The van der Waals surface area contributed by atoms with Gasteiger partial charge in [-0.25, -0.2) is 4.98 Å². The Morgan fingerprint density at radius 1 is 1.50 bits per heavy atom. The van der Waals surface area contributed by atoms with Gasteiger partial charge in [0.2, 0.25) is 5.95 Å². The van der Waals surface area contributed by atoms with Crippen molar-refractivity contribution in [2.75, 3.05) is 18.1 Å². The number of aromatic nitrogens is 2. The van der Waals surface area contributed by atoms with Gasteiger partial charge in [0.05, 0.1) is 0 Å². The Balaban J connectivity index is 2.50. The number of thioether (sulfide) groups is 1. The predicted octanol–water partition coefficient (Wildman–Crippen LogP) is 3.24. The van der Waals surface area contributed by atoms with Gasteiger partial charge in [-0.05, 0) is 26.5 Å². The summed E-state index contributed by atoms with van der Waals surface area (Å²) in [6, 6.07) is 0. The summed E-state index contributed by atoms with van der Waals surface area (Å²) < 4.78 is 2.45. The minimum Gasteiger partial charge on any atom is -0.354 e. The van der Waals surface area contributed by atoms with Gasteiger partial charge in [0, 0.05) is 30.2 Å². The lowest BCUT2D eigenvalue weighted by molar-refractivity contribution is 0.631. The second-order valence-electron chi connectivity index (χ2n) is 4.62. The number of nitrogens with zero attached hydrogens (tertiary/aromatic N) is 2. The molecular weight excluding hydrogens is 218 g/mol. The van der Waals surface area contributed by atoms with Crippen LogP contribution in [0, 0.1) is 0 Å². The van der Waals surface area contributed by atoms with E-state index in [9.17, 15) is 0 Å². The first-order chi connectivity index (χ1) is 7.59. The van der Waals surface area contributed by atoms with Crippen molar-refractivity contribution in [1.29, 1.82) is 0 Å². The van der Waals surface area contributed by atoms with E-state index in [-0.39, 0.29) is 4.75 Å². The van der Waals surface area contributed by atoms with Crippen LogP contribution in [-0.4, -0.2) is 27.1 Å². The summed E-state index contributed by atoms with van der Waals surface area (Å²) in [7, 11) is 0. The SMILES string of the molecule is CCCCn1ccnc1NCC(C)(C)SC. The maximum atomic E-state index is 4.35. The molecule has 0 bridgehead atoms. The molecule has 0 aromatic carbocycles. The fourth-order valence-electron chi connectivity index (χ4n) is 1.35. The van der Waals surface area contributed by atoms with Crippen LogP contribution in [0.15, 0.2) is 12.4 Å². The minimum atomic E-state index is 0.252. The van der Waals surface area contributed by atoms with Crippen molar-refractivity contribution in [2.24, 2.45) is 0 Å². The molecule has 3 nitrogen and oxygen atoms in total. The van der Waals surface area contributed by atoms with Crippen molar-refractivity contribution in [3.05, 3.63) is 12.4 Å². The zero-order chi connectivity index (χ0) is 12.0. The van der Waals surface area contributed by atoms with Crippen molar-refractivity contribution in [2.45, 2.75) is 44.9 Å². The maximum absolute atomic E-state index is 4.35. The predicted molar refractivity (Wildman–Crippen MR) is 73.2 cm³/mol. The van der Waals surface area contributed by atoms with Crippen LogP contribution < -0.4 is 5.32 Å². The normalized spacial score (nSPS) is 11.8. The van der Waals surface area contributed by atoms with Crippen molar-refractivity contribution >= 4 is 17.7 Å². The summed E-state index contributed by atoms with van der Waals surface area (Å²) in [5.41, 5.74) is 0.